The summed E-state index contributed by atoms with van der Waals surface area (Å²) in [5.41, 5.74) is 0.929. The summed E-state index contributed by atoms with van der Waals surface area (Å²) in [4.78, 5) is 20.2. The Kier molecular flexibility index (Phi) is 4.76. The van der Waals surface area contributed by atoms with Crippen LogP contribution in [-0.2, 0) is 0 Å². The highest BCUT2D eigenvalue weighted by molar-refractivity contribution is 7.09. The first-order valence-electron chi connectivity index (χ1n) is 5.86. The average Bonchev–Trinajstić information content (AvgIpc) is 2.85. The van der Waals surface area contributed by atoms with Gasteiger partial charge < -0.3 is 5.11 Å². The zero-order chi connectivity index (χ0) is 14.4. The molecule has 0 saturated carbocycles. The number of carbonyl (C=O) groups is 1. The number of amides is 1. The second-order valence-corrected chi connectivity index (χ2v) is 4.55. The van der Waals surface area contributed by atoms with Gasteiger partial charge in [0.25, 0.3) is 5.91 Å². The van der Waals surface area contributed by atoms with Gasteiger partial charge in [-0.3, -0.25) is 15.1 Å². The molecule has 6 nitrogen and oxygen atoms in total. The van der Waals surface area contributed by atoms with Crippen LogP contribution in [-0.4, -0.2) is 32.0 Å². The van der Waals surface area contributed by atoms with Crippen molar-refractivity contribution in [3.05, 3.63) is 35.4 Å². The Balaban J connectivity index is 2.19. The number of aliphatic hydroxyl groups is 1. The summed E-state index contributed by atoms with van der Waals surface area (Å²) in [6.07, 6.45) is 3.40. The Morgan fingerprint density at radius 3 is 3.10 bits per heavy atom. The second-order valence-electron chi connectivity index (χ2n) is 3.80. The predicted molar refractivity (Wildman–Crippen MR) is 75.4 cm³/mol. The van der Waals surface area contributed by atoms with Crippen LogP contribution in [0.15, 0.2) is 18.5 Å². The lowest BCUT2D eigenvalue weighted by Crippen LogP contribution is -2.13. The van der Waals surface area contributed by atoms with Crippen molar-refractivity contribution in [1.82, 2.24) is 14.3 Å². The summed E-state index contributed by atoms with van der Waals surface area (Å²) < 4.78 is 3.99. The van der Waals surface area contributed by atoms with E-state index in [-0.39, 0.29) is 12.5 Å². The van der Waals surface area contributed by atoms with E-state index < -0.39 is 0 Å². The van der Waals surface area contributed by atoms with E-state index in [9.17, 15) is 4.79 Å². The zero-order valence-electron chi connectivity index (χ0n) is 10.8. The summed E-state index contributed by atoms with van der Waals surface area (Å²) in [7, 11) is 0. The molecule has 0 radical (unpaired) electrons. The van der Waals surface area contributed by atoms with Gasteiger partial charge in [0.1, 0.15) is 5.82 Å². The number of nitrogens with one attached hydrogen (secondary N) is 1. The van der Waals surface area contributed by atoms with Crippen molar-refractivity contribution in [2.75, 3.05) is 11.9 Å². The van der Waals surface area contributed by atoms with Crippen molar-refractivity contribution in [2.45, 2.75) is 13.3 Å². The molecule has 102 valence electrons. The molecule has 2 heterocycles. The van der Waals surface area contributed by atoms with Gasteiger partial charge in [-0.15, -0.1) is 0 Å². The number of nitrogens with zero attached hydrogens (tertiary/aromatic N) is 3. The first-order chi connectivity index (χ1) is 9.70. The van der Waals surface area contributed by atoms with Crippen LogP contribution < -0.4 is 5.32 Å². The minimum atomic E-state index is -0.308. The lowest BCUT2D eigenvalue weighted by atomic mass is 10.1. The van der Waals surface area contributed by atoms with E-state index in [1.54, 1.807) is 13.0 Å². The van der Waals surface area contributed by atoms with Gasteiger partial charge in [0, 0.05) is 30.3 Å². The minimum absolute atomic E-state index is 0.0150. The van der Waals surface area contributed by atoms with E-state index in [2.05, 4.69) is 31.5 Å². The number of aromatic nitrogens is 3. The maximum absolute atomic E-state index is 12.2. The number of aliphatic hydroxyl groups excluding tert-OH is 1. The van der Waals surface area contributed by atoms with E-state index in [0.29, 0.717) is 28.5 Å². The maximum Gasteiger partial charge on any atom is 0.258 e. The van der Waals surface area contributed by atoms with Crippen LogP contribution in [0.25, 0.3) is 0 Å². The predicted octanol–water partition coefficient (Wildman–Crippen LogP) is 1.23. The van der Waals surface area contributed by atoms with E-state index in [1.807, 2.05) is 0 Å². The zero-order valence-corrected chi connectivity index (χ0v) is 11.6. The Bertz CT molecular complexity index is 672. The van der Waals surface area contributed by atoms with E-state index in [4.69, 9.17) is 5.11 Å². The van der Waals surface area contributed by atoms with Crippen LogP contribution in [0.2, 0.25) is 0 Å². The smallest absolute Gasteiger partial charge is 0.258 e. The SMILES string of the molecule is Cc1nsc(NC(=O)c2ccncc2C#CCCO)n1. The molecule has 1 amide bonds. The number of hydrogen-bond donors (Lipinski definition) is 2. The number of carbonyl (C=O) groups excluding carboxylic acids is 1. The summed E-state index contributed by atoms with van der Waals surface area (Å²) >= 11 is 1.12. The fraction of sp³-hybridized carbons (Fsp3) is 0.231. The molecular weight excluding hydrogens is 276 g/mol. The van der Waals surface area contributed by atoms with E-state index in [0.717, 1.165) is 11.5 Å². The third-order valence-corrected chi connectivity index (χ3v) is 3.00. The molecule has 0 aromatic carbocycles. The van der Waals surface area contributed by atoms with Gasteiger partial charge in [-0.1, -0.05) is 11.8 Å². The van der Waals surface area contributed by atoms with Crippen molar-refractivity contribution in [3.8, 4) is 11.8 Å². The molecule has 2 rings (SSSR count). The van der Waals surface area contributed by atoms with Crippen molar-refractivity contribution in [2.24, 2.45) is 0 Å². The third kappa shape index (κ3) is 3.60. The highest BCUT2D eigenvalue weighted by Gasteiger charge is 2.12. The molecule has 20 heavy (non-hydrogen) atoms. The number of rotatable bonds is 3. The monoisotopic (exact) mass is 288 g/mol. The summed E-state index contributed by atoms with van der Waals surface area (Å²) in [6, 6.07) is 1.59. The summed E-state index contributed by atoms with van der Waals surface area (Å²) in [5.74, 6) is 5.89. The Hall–Kier alpha value is -2.30. The second kappa shape index (κ2) is 6.75. The Morgan fingerprint density at radius 1 is 1.55 bits per heavy atom. The van der Waals surface area contributed by atoms with Gasteiger partial charge in [0.15, 0.2) is 0 Å². The number of anilines is 1. The molecule has 0 saturated heterocycles. The van der Waals surface area contributed by atoms with Crippen molar-refractivity contribution in [3.63, 3.8) is 0 Å². The molecular formula is C13H12N4O2S. The van der Waals surface area contributed by atoms with Crippen LogP contribution in [0, 0.1) is 18.8 Å². The molecule has 0 unspecified atom stereocenters. The van der Waals surface area contributed by atoms with Crippen LogP contribution in [0.4, 0.5) is 5.13 Å². The lowest BCUT2D eigenvalue weighted by molar-refractivity contribution is 0.102. The minimum Gasteiger partial charge on any atom is -0.395 e. The number of hydrogen-bond acceptors (Lipinski definition) is 6. The average molecular weight is 288 g/mol. The quantitative estimate of drug-likeness (QED) is 0.829. The molecule has 0 fully saturated rings. The van der Waals surface area contributed by atoms with E-state index in [1.165, 1.54) is 12.4 Å². The van der Waals surface area contributed by atoms with Gasteiger partial charge in [0.05, 0.1) is 17.7 Å². The highest BCUT2D eigenvalue weighted by Crippen LogP contribution is 2.13. The highest BCUT2D eigenvalue weighted by atomic mass is 32.1. The van der Waals surface area contributed by atoms with Crippen LogP contribution >= 0.6 is 11.5 Å². The van der Waals surface area contributed by atoms with Gasteiger partial charge in [-0.05, 0) is 13.0 Å². The van der Waals surface area contributed by atoms with E-state index >= 15 is 0 Å². The van der Waals surface area contributed by atoms with Crippen LogP contribution in [0.3, 0.4) is 0 Å². The van der Waals surface area contributed by atoms with Gasteiger partial charge in [0.2, 0.25) is 5.13 Å². The Labute approximate surface area is 120 Å². The van der Waals surface area contributed by atoms with Gasteiger partial charge >= 0.3 is 0 Å². The molecule has 0 aliphatic heterocycles. The lowest BCUT2D eigenvalue weighted by Gasteiger charge is -2.03. The molecule has 7 heteroatoms. The summed E-state index contributed by atoms with van der Waals surface area (Å²) in [6.45, 7) is 1.74. The first kappa shape index (κ1) is 14.1. The normalized spacial score (nSPS) is 9.70. The summed E-state index contributed by atoms with van der Waals surface area (Å²) in [5, 5.41) is 11.8. The van der Waals surface area contributed by atoms with Gasteiger partial charge in [-0.2, -0.15) is 4.37 Å². The molecule has 2 aromatic heterocycles. The molecule has 0 spiro atoms. The maximum atomic E-state index is 12.2. The third-order valence-electron chi connectivity index (χ3n) is 2.27. The molecule has 0 aliphatic carbocycles. The largest absolute Gasteiger partial charge is 0.395 e. The van der Waals surface area contributed by atoms with Crippen molar-refractivity contribution in [1.29, 1.82) is 0 Å². The van der Waals surface area contributed by atoms with Crippen LogP contribution in [0.1, 0.15) is 28.2 Å². The number of aryl methyl sites for hydroxylation is 1. The Morgan fingerprint density at radius 2 is 2.40 bits per heavy atom. The van der Waals surface area contributed by atoms with Gasteiger partial charge in [-0.25, -0.2) is 4.98 Å². The molecule has 0 atom stereocenters. The topological polar surface area (TPSA) is 88.0 Å². The number of pyridine rings is 1. The molecule has 2 aromatic rings. The molecule has 2 N–H and O–H groups in total. The fourth-order valence-corrected chi connectivity index (χ4v) is 1.99. The van der Waals surface area contributed by atoms with Crippen molar-refractivity contribution < 1.29 is 9.90 Å². The first-order valence-corrected chi connectivity index (χ1v) is 6.63. The van der Waals surface area contributed by atoms with Crippen LogP contribution in [0.5, 0.6) is 0 Å². The molecule has 0 aliphatic rings. The molecule has 0 bridgehead atoms. The fourth-order valence-electron chi connectivity index (χ4n) is 1.42. The standard InChI is InChI=1S/C13H12N4O2S/c1-9-15-13(20-17-9)16-12(19)11-5-6-14-8-10(11)4-2-3-7-18/h5-6,8,18H,3,7H2,1H3,(H,15,16,17,19). The van der Waals surface area contributed by atoms with Crippen molar-refractivity contribution >= 4 is 22.6 Å².